The van der Waals surface area contributed by atoms with Crippen LogP contribution in [0, 0.1) is 0 Å². The maximum atomic E-state index is 4.59. The Kier molecular flexibility index (Phi) is 3.86. The van der Waals surface area contributed by atoms with Crippen molar-refractivity contribution in [2.24, 2.45) is 0 Å². The number of rotatable bonds is 2. The van der Waals surface area contributed by atoms with Gasteiger partial charge in [0.15, 0.2) is 0 Å². The van der Waals surface area contributed by atoms with Crippen LogP contribution in [0.2, 0.25) is 0 Å². The molecule has 20 heavy (non-hydrogen) atoms. The van der Waals surface area contributed by atoms with Gasteiger partial charge in [-0.1, -0.05) is 60.7 Å². The molecular weight excluding hydrogens is 280 g/mol. The van der Waals surface area contributed by atoms with Crippen molar-refractivity contribution < 1.29 is 0 Å². The first-order chi connectivity index (χ1) is 9.77. The van der Waals surface area contributed by atoms with Crippen molar-refractivity contribution >= 4 is 25.3 Å². The second-order valence-electron chi connectivity index (χ2n) is 4.58. The number of benzene rings is 3. The summed E-state index contributed by atoms with van der Waals surface area (Å²) in [5, 5.41) is 0. The van der Waals surface area contributed by atoms with E-state index in [1.807, 2.05) is 24.3 Å². The minimum absolute atomic E-state index is 0.945. The molecule has 0 unspecified atom stereocenters. The molecule has 0 saturated heterocycles. The smallest absolute Gasteiger partial charge is 0.0130 e. The van der Waals surface area contributed by atoms with E-state index in [0.29, 0.717) is 0 Å². The molecule has 0 aliphatic heterocycles. The Bertz CT molecular complexity index is 713. The van der Waals surface area contributed by atoms with Crippen LogP contribution in [0.15, 0.2) is 82.6 Å². The van der Waals surface area contributed by atoms with E-state index in [4.69, 9.17) is 0 Å². The summed E-state index contributed by atoms with van der Waals surface area (Å²) in [6.07, 6.45) is 0. The summed E-state index contributed by atoms with van der Waals surface area (Å²) >= 11 is 9.18. The first kappa shape index (κ1) is 13.3. The maximum Gasteiger partial charge on any atom is 0.0130 e. The highest BCUT2D eigenvalue weighted by Crippen LogP contribution is 2.38. The van der Waals surface area contributed by atoms with Gasteiger partial charge < -0.3 is 0 Å². The van der Waals surface area contributed by atoms with Crippen LogP contribution < -0.4 is 0 Å². The predicted molar refractivity (Wildman–Crippen MR) is 91.8 cm³/mol. The summed E-state index contributed by atoms with van der Waals surface area (Å²) in [5.41, 5.74) is 4.64. The molecule has 0 spiro atoms. The average molecular weight is 294 g/mol. The highest BCUT2D eigenvalue weighted by atomic mass is 32.1. The molecule has 0 radical (unpaired) electrons. The van der Waals surface area contributed by atoms with Crippen LogP contribution in [0.3, 0.4) is 0 Å². The van der Waals surface area contributed by atoms with Crippen molar-refractivity contribution in [2.75, 3.05) is 0 Å². The van der Waals surface area contributed by atoms with Gasteiger partial charge in [0.2, 0.25) is 0 Å². The van der Waals surface area contributed by atoms with Gasteiger partial charge in [-0.15, -0.1) is 25.3 Å². The first-order valence-corrected chi connectivity index (χ1v) is 7.32. The summed E-state index contributed by atoms with van der Waals surface area (Å²) in [4.78, 5) is 1.89. The number of hydrogen-bond acceptors (Lipinski definition) is 2. The van der Waals surface area contributed by atoms with Gasteiger partial charge in [0, 0.05) is 15.4 Å². The van der Waals surface area contributed by atoms with E-state index < -0.39 is 0 Å². The first-order valence-electron chi connectivity index (χ1n) is 6.43. The minimum Gasteiger partial charge on any atom is -0.143 e. The van der Waals surface area contributed by atoms with Gasteiger partial charge in [-0.3, -0.25) is 0 Å². The lowest BCUT2D eigenvalue weighted by molar-refractivity contribution is 1.34. The largest absolute Gasteiger partial charge is 0.143 e. The van der Waals surface area contributed by atoms with E-state index in [0.717, 1.165) is 20.9 Å². The molecule has 0 fully saturated rings. The predicted octanol–water partition coefficient (Wildman–Crippen LogP) is 5.60. The molecule has 3 aromatic rings. The SMILES string of the molecule is Sc1cccc(S)c1-c1ccccc1-c1ccccc1. The third kappa shape index (κ3) is 2.49. The molecule has 3 aromatic carbocycles. The van der Waals surface area contributed by atoms with Gasteiger partial charge in [-0.05, 0) is 28.8 Å². The van der Waals surface area contributed by atoms with Crippen molar-refractivity contribution in [3.8, 4) is 22.3 Å². The summed E-state index contributed by atoms with van der Waals surface area (Å²) in [5.74, 6) is 0. The molecule has 0 bridgehead atoms. The van der Waals surface area contributed by atoms with Crippen molar-refractivity contribution in [3.05, 3.63) is 72.8 Å². The standard InChI is InChI=1S/C18H14S2/c19-16-11-6-12-17(20)18(16)15-10-5-4-9-14(15)13-7-2-1-3-8-13/h1-12,19-20H. The lowest BCUT2D eigenvalue weighted by Gasteiger charge is -2.14. The van der Waals surface area contributed by atoms with E-state index in [1.54, 1.807) is 0 Å². The van der Waals surface area contributed by atoms with Crippen molar-refractivity contribution in [1.82, 2.24) is 0 Å². The fourth-order valence-electron chi connectivity index (χ4n) is 2.37. The lowest BCUT2D eigenvalue weighted by Crippen LogP contribution is -1.87. The molecule has 0 saturated carbocycles. The van der Waals surface area contributed by atoms with Gasteiger partial charge in [0.1, 0.15) is 0 Å². The second-order valence-corrected chi connectivity index (χ2v) is 5.55. The molecule has 2 heteroatoms. The Morgan fingerprint density at radius 3 is 1.70 bits per heavy atom. The summed E-state index contributed by atoms with van der Waals surface area (Å²) in [6, 6.07) is 24.7. The zero-order valence-electron chi connectivity index (χ0n) is 10.8. The topological polar surface area (TPSA) is 0 Å². The molecule has 3 rings (SSSR count). The van der Waals surface area contributed by atoms with Crippen LogP contribution in [-0.4, -0.2) is 0 Å². The van der Waals surface area contributed by atoms with Crippen LogP contribution in [0.1, 0.15) is 0 Å². The Labute approximate surface area is 130 Å². The fourth-order valence-corrected chi connectivity index (χ4v) is 3.12. The minimum atomic E-state index is 0.945. The van der Waals surface area contributed by atoms with Gasteiger partial charge in [0.25, 0.3) is 0 Å². The highest BCUT2D eigenvalue weighted by molar-refractivity contribution is 7.81. The normalized spacial score (nSPS) is 10.5. The van der Waals surface area contributed by atoms with Crippen LogP contribution >= 0.6 is 25.3 Å². The molecular formula is C18H14S2. The molecule has 0 N–H and O–H groups in total. The monoisotopic (exact) mass is 294 g/mol. The van der Waals surface area contributed by atoms with Crippen molar-refractivity contribution in [1.29, 1.82) is 0 Å². The Morgan fingerprint density at radius 1 is 0.500 bits per heavy atom. The molecule has 0 nitrogen and oxygen atoms in total. The molecule has 0 atom stereocenters. The number of thiol groups is 2. The van der Waals surface area contributed by atoms with E-state index in [1.165, 1.54) is 11.1 Å². The van der Waals surface area contributed by atoms with E-state index in [-0.39, 0.29) is 0 Å². The van der Waals surface area contributed by atoms with Crippen LogP contribution in [-0.2, 0) is 0 Å². The van der Waals surface area contributed by atoms with Crippen molar-refractivity contribution in [2.45, 2.75) is 9.79 Å². The fraction of sp³-hybridized carbons (Fsp3) is 0. The third-order valence-corrected chi connectivity index (χ3v) is 4.05. The Hall–Kier alpha value is -1.64. The summed E-state index contributed by atoms with van der Waals surface area (Å²) < 4.78 is 0. The zero-order chi connectivity index (χ0) is 13.9. The van der Waals surface area contributed by atoms with Gasteiger partial charge in [0.05, 0.1) is 0 Å². The van der Waals surface area contributed by atoms with Gasteiger partial charge in [-0.25, -0.2) is 0 Å². The van der Waals surface area contributed by atoms with Crippen LogP contribution in [0.5, 0.6) is 0 Å². The third-order valence-electron chi connectivity index (χ3n) is 3.30. The zero-order valence-corrected chi connectivity index (χ0v) is 12.6. The van der Waals surface area contributed by atoms with Crippen LogP contribution in [0.25, 0.3) is 22.3 Å². The molecule has 0 aliphatic rings. The Morgan fingerprint density at radius 2 is 1.05 bits per heavy atom. The van der Waals surface area contributed by atoms with E-state index >= 15 is 0 Å². The second kappa shape index (κ2) is 5.78. The molecule has 0 amide bonds. The van der Waals surface area contributed by atoms with E-state index in [9.17, 15) is 0 Å². The van der Waals surface area contributed by atoms with Crippen molar-refractivity contribution in [3.63, 3.8) is 0 Å². The maximum absolute atomic E-state index is 4.59. The molecule has 0 heterocycles. The Balaban J connectivity index is 2.26. The van der Waals surface area contributed by atoms with Gasteiger partial charge >= 0.3 is 0 Å². The summed E-state index contributed by atoms with van der Waals surface area (Å²) in [6.45, 7) is 0. The average Bonchev–Trinajstić information content (AvgIpc) is 2.48. The molecule has 98 valence electrons. The van der Waals surface area contributed by atoms with Gasteiger partial charge in [-0.2, -0.15) is 0 Å². The summed E-state index contributed by atoms with van der Waals surface area (Å²) in [7, 11) is 0. The lowest BCUT2D eigenvalue weighted by atomic mass is 9.94. The highest BCUT2D eigenvalue weighted by Gasteiger charge is 2.11. The quantitative estimate of drug-likeness (QED) is 0.565. The van der Waals surface area contributed by atoms with E-state index in [2.05, 4.69) is 73.8 Å². The molecule has 0 aliphatic carbocycles. The van der Waals surface area contributed by atoms with Crippen LogP contribution in [0.4, 0.5) is 0 Å². The molecule has 0 aromatic heterocycles. The number of hydrogen-bond donors (Lipinski definition) is 2.